The van der Waals surface area contributed by atoms with Crippen LogP contribution in [0.5, 0.6) is 0 Å². The normalized spacial score (nSPS) is 38.0. The van der Waals surface area contributed by atoms with Gasteiger partial charge in [-0.15, -0.1) is 0 Å². The first-order chi connectivity index (χ1) is 10.9. The van der Waals surface area contributed by atoms with Gasteiger partial charge in [0.2, 0.25) is 5.91 Å². The molecule has 2 atom stereocenters. The third-order valence-corrected chi connectivity index (χ3v) is 6.44. The van der Waals surface area contributed by atoms with E-state index in [1.165, 1.54) is 0 Å². The van der Waals surface area contributed by atoms with Crippen LogP contribution in [0, 0.1) is 22.0 Å². The highest BCUT2D eigenvalue weighted by molar-refractivity contribution is 7.71. The van der Waals surface area contributed by atoms with Crippen LogP contribution in [-0.2, 0) is 18.3 Å². The van der Waals surface area contributed by atoms with Crippen molar-refractivity contribution in [2.45, 2.75) is 50.6 Å². The first kappa shape index (κ1) is 15.3. The fourth-order valence-corrected chi connectivity index (χ4v) is 5.65. The van der Waals surface area contributed by atoms with Crippen LogP contribution in [0.2, 0.25) is 0 Å². The molecular formula is C16H23FN4OS. The number of H-pyrrole nitrogens is 1. The van der Waals surface area contributed by atoms with E-state index in [4.69, 9.17) is 12.2 Å². The number of nitrogens with zero attached hydrogens (tertiary/aromatic N) is 2. The molecule has 4 bridgehead atoms. The van der Waals surface area contributed by atoms with Crippen LogP contribution in [0.3, 0.4) is 0 Å². The molecule has 0 aromatic carbocycles. The Morgan fingerprint density at radius 2 is 2.13 bits per heavy atom. The van der Waals surface area contributed by atoms with Crippen molar-refractivity contribution >= 4 is 18.1 Å². The van der Waals surface area contributed by atoms with Crippen LogP contribution in [0.25, 0.3) is 0 Å². The molecule has 23 heavy (non-hydrogen) atoms. The van der Waals surface area contributed by atoms with Crippen LogP contribution in [0.1, 0.15) is 44.3 Å². The van der Waals surface area contributed by atoms with Crippen molar-refractivity contribution in [2.24, 2.45) is 24.3 Å². The smallest absolute Gasteiger partial charge is 0.226 e. The summed E-state index contributed by atoms with van der Waals surface area (Å²) in [7, 11) is 1.86. The molecule has 5 rings (SSSR count). The van der Waals surface area contributed by atoms with Gasteiger partial charge in [0, 0.05) is 20.0 Å². The number of hydrogen-bond acceptors (Lipinski definition) is 3. The number of carbonyl (C=O) groups excluding carboxylic acids is 1. The minimum atomic E-state index is -1.09. The summed E-state index contributed by atoms with van der Waals surface area (Å²) < 4.78 is 17.3. The lowest BCUT2D eigenvalue weighted by atomic mass is 9.48. The van der Waals surface area contributed by atoms with E-state index in [9.17, 15) is 9.18 Å². The second-order valence-corrected chi connectivity index (χ2v) is 8.29. The number of hydrogen-bond donors (Lipinski definition) is 2. The molecule has 2 N–H and O–H groups in total. The second-order valence-electron chi connectivity index (χ2n) is 7.90. The number of halogens is 1. The van der Waals surface area contributed by atoms with E-state index >= 15 is 0 Å². The van der Waals surface area contributed by atoms with Crippen LogP contribution >= 0.6 is 12.2 Å². The molecule has 1 aromatic heterocycles. The van der Waals surface area contributed by atoms with Crippen molar-refractivity contribution in [3.05, 3.63) is 10.6 Å². The van der Waals surface area contributed by atoms with Crippen molar-refractivity contribution in [3.8, 4) is 0 Å². The summed E-state index contributed by atoms with van der Waals surface area (Å²) in [4.78, 5) is 12.8. The molecule has 1 amide bonds. The predicted molar refractivity (Wildman–Crippen MR) is 86.1 cm³/mol. The Hall–Kier alpha value is -1.24. The maximum Gasteiger partial charge on any atom is 0.226 e. The molecule has 4 aliphatic carbocycles. The second kappa shape index (κ2) is 5.13. The molecular weight excluding hydrogens is 315 g/mol. The molecule has 5 nitrogen and oxygen atoms in total. The van der Waals surface area contributed by atoms with E-state index in [0.29, 0.717) is 48.8 Å². The molecule has 126 valence electrons. The zero-order valence-corrected chi connectivity index (χ0v) is 14.2. The summed E-state index contributed by atoms with van der Waals surface area (Å²) in [6, 6.07) is 0. The largest absolute Gasteiger partial charge is 0.355 e. The minimum Gasteiger partial charge on any atom is -0.355 e. The maximum absolute atomic E-state index is 14.9. The highest BCUT2D eigenvalue weighted by Crippen LogP contribution is 2.62. The van der Waals surface area contributed by atoms with E-state index in [1.54, 1.807) is 0 Å². The summed E-state index contributed by atoms with van der Waals surface area (Å²) in [6.45, 7) is 0.517. The average Bonchev–Trinajstić information content (AvgIpc) is 2.76. The number of aromatic nitrogens is 3. The summed E-state index contributed by atoms with van der Waals surface area (Å²) in [6.07, 6.45) is 5.24. The fourth-order valence-electron chi connectivity index (χ4n) is 5.49. The Morgan fingerprint density at radius 3 is 2.70 bits per heavy atom. The molecule has 2 unspecified atom stereocenters. The van der Waals surface area contributed by atoms with Gasteiger partial charge >= 0.3 is 0 Å². The quantitative estimate of drug-likeness (QED) is 0.829. The molecule has 0 radical (unpaired) electrons. The standard InChI is InChI=1S/C16H23FN4OS/c1-21-12(19-20-14(21)23)2-3-18-13(22)15-5-10-4-11(6-15)8-16(17,7-10)9-15/h10-11H,2-9H2,1H3,(H,18,22)(H,20,23). The SMILES string of the molecule is Cn1c(CCNC(=O)C23CC4CC(CC(F)(C4)C2)C3)n[nH]c1=S. The lowest BCUT2D eigenvalue weighted by Crippen LogP contribution is -2.59. The highest BCUT2D eigenvalue weighted by Gasteiger charge is 2.61. The Kier molecular flexibility index (Phi) is 3.41. The molecule has 0 aliphatic heterocycles. The number of amides is 1. The van der Waals surface area contributed by atoms with E-state index in [2.05, 4.69) is 15.5 Å². The predicted octanol–water partition coefficient (Wildman–Crippen LogP) is 2.44. The van der Waals surface area contributed by atoms with E-state index in [-0.39, 0.29) is 5.91 Å². The summed E-state index contributed by atoms with van der Waals surface area (Å²) in [5.41, 5.74) is -1.55. The lowest BCUT2D eigenvalue weighted by Gasteiger charge is -2.58. The Balaban J connectivity index is 1.41. The van der Waals surface area contributed by atoms with Crippen LogP contribution in [-0.4, -0.2) is 32.9 Å². The van der Waals surface area contributed by atoms with Gasteiger partial charge in [0.05, 0.1) is 5.41 Å². The average molecular weight is 338 g/mol. The molecule has 7 heteroatoms. The topological polar surface area (TPSA) is 62.7 Å². The molecule has 0 saturated heterocycles. The molecule has 4 aliphatic rings. The fraction of sp³-hybridized carbons (Fsp3) is 0.812. The first-order valence-corrected chi connectivity index (χ1v) is 8.88. The van der Waals surface area contributed by atoms with Crippen LogP contribution < -0.4 is 5.32 Å². The van der Waals surface area contributed by atoms with Crippen molar-refractivity contribution in [2.75, 3.05) is 6.54 Å². The molecule has 4 saturated carbocycles. The van der Waals surface area contributed by atoms with Gasteiger partial charge in [0.25, 0.3) is 0 Å². The van der Waals surface area contributed by atoms with Gasteiger partial charge in [-0.2, -0.15) is 5.10 Å². The van der Waals surface area contributed by atoms with E-state index in [1.807, 2.05) is 11.6 Å². The minimum absolute atomic E-state index is 0.0467. The van der Waals surface area contributed by atoms with Gasteiger partial charge in [-0.1, -0.05) is 0 Å². The monoisotopic (exact) mass is 338 g/mol. The number of nitrogens with one attached hydrogen (secondary N) is 2. The number of alkyl halides is 1. The van der Waals surface area contributed by atoms with Gasteiger partial charge in [-0.05, 0) is 62.6 Å². The number of rotatable bonds is 4. The third-order valence-electron chi connectivity index (χ3n) is 6.08. The van der Waals surface area contributed by atoms with Crippen molar-refractivity contribution in [1.29, 1.82) is 0 Å². The molecule has 1 heterocycles. The van der Waals surface area contributed by atoms with Gasteiger partial charge in [-0.25, -0.2) is 4.39 Å². The summed E-state index contributed by atoms with van der Waals surface area (Å²) in [5, 5.41) is 9.93. The Bertz CT molecular complexity index is 682. The zero-order valence-electron chi connectivity index (χ0n) is 13.4. The van der Waals surface area contributed by atoms with Gasteiger partial charge in [0.15, 0.2) is 4.77 Å². The molecule has 1 aromatic rings. The number of aromatic amines is 1. The van der Waals surface area contributed by atoms with Gasteiger partial charge in [-0.3, -0.25) is 9.89 Å². The van der Waals surface area contributed by atoms with E-state index < -0.39 is 11.1 Å². The van der Waals surface area contributed by atoms with Crippen molar-refractivity contribution < 1.29 is 9.18 Å². The third kappa shape index (κ3) is 2.53. The first-order valence-electron chi connectivity index (χ1n) is 8.47. The van der Waals surface area contributed by atoms with Crippen LogP contribution in [0.4, 0.5) is 4.39 Å². The highest BCUT2D eigenvalue weighted by atomic mass is 32.1. The molecule has 4 fully saturated rings. The van der Waals surface area contributed by atoms with Crippen molar-refractivity contribution in [3.63, 3.8) is 0 Å². The summed E-state index contributed by atoms with van der Waals surface area (Å²) in [5.74, 6) is 1.67. The summed E-state index contributed by atoms with van der Waals surface area (Å²) >= 11 is 5.08. The Labute approximate surface area is 140 Å². The number of carbonyl (C=O) groups is 1. The van der Waals surface area contributed by atoms with E-state index in [0.717, 1.165) is 25.1 Å². The zero-order chi connectivity index (χ0) is 16.2. The van der Waals surface area contributed by atoms with Gasteiger partial charge in [0.1, 0.15) is 11.5 Å². The van der Waals surface area contributed by atoms with Crippen LogP contribution in [0.15, 0.2) is 0 Å². The lowest BCUT2D eigenvalue weighted by molar-refractivity contribution is -0.160. The maximum atomic E-state index is 14.9. The van der Waals surface area contributed by atoms with Crippen molar-refractivity contribution in [1.82, 2.24) is 20.1 Å². The Morgan fingerprint density at radius 1 is 1.43 bits per heavy atom. The van der Waals surface area contributed by atoms with Gasteiger partial charge < -0.3 is 9.88 Å². The molecule has 0 spiro atoms.